The fraction of sp³-hybridized carbons (Fsp3) is 0.500. The van der Waals surface area contributed by atoms with Gasteiger partial charge in [-0.1, -0.05) is 12.1 Å². The van der Waals surface area contributed by atoms with Crippen molar-refractivity contribution >= 4 is 11.8 Å². The van der Waals surface area contributed by atoms with E-state index in [1.165, 1.54) is 17.0 Å². The molecule has 22 heavy (non-hydrogen) atoms. The van der Waals surface area contributed by atoms with Crippen molar-refractivity contribution in [3.8, 4) is 0 Å². The van der Waals surface area contributed by atoms with Crippen molar-refractivity contribution in [1.29, 1.82) is 0 Å². The zero-order chi connectivity index (χ0) is 16.8. The second-order valence-corrected chi connectivity index (χ2v) is 5.81. The molecule has 0 atom stereocenters. The van der Waals surface area contributed by atoms with Gasteiger partial charge >= 0.3 is 0 Å². The Morgan fingerprint density at radius 3 is 2.36 bits per heavy atom. The van der Waals surface area contributed by atoms with Gasteiger partial charge in [-0.25, -0.2) is 4.39 Å². The lowest BCUT2D eigenvalue weighted by Crippen LogP contribution is -2.48. The predicted octanol–water partition coefficient (Wildman–Crippen LogP) is 1.28. The minimum atomic E-state index is -0.687. The molecule has 0 spiro atoms. The first-order valence-corrected chi connectivity index (χ1v) is 7.30. The van der Waals surface area contributed by atoms with Gasteiger partial charge in [0.1, 0.15) is 5.82 Å². The second kappa shape index (κ2) is 7.89. The highest BCUT2D eigenvalue weighted by atomic mass is 19.1. The summed E-state index contributed by atoms with van der Waals surface area (Å²) in [5.74, 6) is -0.719. The van der Waals surface area contributed by atoms with Crippen molar-refractivity contribution in [2.75, 3.05) is 19.6 Å². The zero-order valence-electron chi connectivity index (χ0n) is 13.4. The lowest BCUT2D eigenvalue weighted by atomic mass is 9.92. The number of amides is 2. The molecular weight excluding hydrogens is 285 g/mol. The SMILES string of the molecule is CCN(CC(=O)NCc1ccc(F)cc1)C(=O)C(C)(C)CN. The summed E-state index contributed by atoms with van der Waals surface area (Å²) < 4.78 is 12.8. The highest BCUT2D eigenvalue weighted by Gasteiger charge is 2.30. The summed E-state index contributed by atoms with van der Waals surface area (Å²) in [7, 11) is 0. The average molecular weight is 309 g/mol. The van der Waals surface area contributed by atoms with E-state index in [0.29, 0.717) is 13.1 Å². The van der Waals surface area contributed by atoms with E-state index in [0.717, 1.165) is 5.56 Å². The van der Waals surface area contributed by atoms with Gasteiger partial charge in [-0.05, 0) is 38.5 Å². The molecule has 1 rings (SSSR count). The largest absolute Gasteiger partial charge is 0.350 e. The van der Waals surface area contributed by atoms with Gasteiger partial charge in [0.05, 0.1) is 12.0 Å². The van der Waals surface area contributed by atoms with Gasteiger partial charge in [-0.2, -0.15) is 0 Å². The molecule has 122 valence electrons. The topological polar surface area (TPSA) is 75.4 Å². The molecule has 0 saturated heterocycles. The van der Waals surface area contributed by atoms with E-state index < -0.39 is 5.41 Å². The molecule has 0 aromatic heterocycles. The van der Waals surface area contributed by atoms with Crippen LogP contribution in [-0.4, -0.2) is 36.3 Å². The maximum atomic E-state index is 12.8. The molecular formula is C16H24FN3O2. The summed E-state index contributed by atoms with van der Waals surface area (Å²) in [6.07, 6.45) is 0. The quantitative estimate of drug-likeness (QED) is 0.796. The van der Waals surface area contributed by atoms with Gasteiger partial charge in [0.25, 0.3) is 0 Å². The molecule has 1 aromatic rings. The van der Waals surface area contributed by atoms with E-state index in [-0.39, 0.29) is 30.7 Å². The van der Waals surface area contributed by atoms with Crippen LogP contribution in [-0.2, 0) is 16.1 Å². The van der Waals surface area contributed by atoms with Crippen LogP contribution in [0, 0.1) is 11.2 Å². The standard InChI is InChI=1S/C16H24FN3O2/c1-4-20(15(22)16(2,3)11-18)10-14(21)19-9-12-5-7-13(17)8-6-12/h5-8H,4,9-11,18H2,1-3H3,(H,19,21). The normalized spacial score (nSPS) is 11.1. The average Bonchev–Trinajstić information content (AvgIpc) is 2.51. The number of likely N-dealkylation sites (N-methyl/N-ethyl adjacent to an activating group) is 1. The Kier molecular flexibility index (Phi) is 6.49. The Labute approximate surface area is 130 Å². The maximum Gasteiger partial charge on any atom is 0.239 e. The van der Waals surface area contributed by atoms with Crippen LogP contribution in [0.1, 0.15) is 26.3 Å². The first-order chi connectivity index (χ1) is 10.3. The summed E-state index contributed by atoms with van der Waals surface area (Å²) in [4.78, 5) is 25.7. The molecule has 0 radical (unpaired) electrons. The number of hydrogen-bond donors (Lipinski definition) is 2. The van der Waals surface area contributed by atoms with Gasteiger partial charge in [-0.15, -0.1) is 0 Å². The number of halogens is 1. The number of nitrogens with zero attached hydrogens (tertiary/aromatic N) is 1. The van der Waals surface area contributed by atoms with E-state index in [1.54, 1.807) is 26.0 Å². The molecule has 1 aromatic carbocycles. The van der Waals surface area contributed by atoms with E-state index >= 15 is 0 Å². The fourth-order valence-corrected chi connectivity index (χ4v) is 1.87. The number of nitrogens with one attached hydrogen (secondary N) is 1. The zero-order valence-corrected chi connectivity index (χ0v) is 13.4. The van der Waals surface area contributed by atoms with Crippen LogP contribution in [0.25, 0.3) is 0 Å². The summed E-state index contributed by atoms with van der Waals surface area (Å²) in [6, 6.07) is 5.89. The Bertz CT molecular complexity index is 515. The highest BCUT2D eigenvalue weighted by molar-refractivity contribution is 5.87. The van der Waals surface area contributed by atoms with Crippen molar-refractivity contribution in [1.82, 2.24) is 10.2 Å². The second-order valence-electron chi connectivity index (χ2n) is 5.81. The number of benzene rings is 1. The van der Waals surface area contributed by atoms with Crippen LogP contribution >= 0.6 is 0 Å². The summed E-state index contributed by atoms with van der Waals surface area (Å²) in [6.45, 7) is 6.28. The van der Waals surface area contributed by atoms with Gasteiger partial charge in [0.2, 0.25) is 11.8 Å². The lowest BCUT2D eigenvalue weighted by Gasteiger charge is -2.29. The Hall–Kier alpha value is -1.95. The molecule has 2 amide bonds. The number of carbonyl (C=O) groups is 2. The first-order valence-electron chi connectivity index (χ1n) is 7.30. The monoisotopic (exact) mass is 309 g/mol. The van der Waals surface area contributed by atoms with E-state index in [1.807, 2.05) is 6.92 Å². The van der Waals surface area contributed by atoms with Gasteiger partial charge in [-0.3, -0.25) is 9.59 Å². The lowest BCUT2D eigenvalue weighted by molar-refractivity contribution is -0.142. The van der Waals surface area contributed by atoms with E-state index in [2.05, 4.69) is 5.32 Å². The molecule has 0 aliphatic rings. The van der Waals surface area contributed by atoms with Gasteiger partial charge in [0.15, 0.2) is 0 Å². The molecule has 0 aliphatic carbocycles. The molecule has 3 N–H and O–H groups in total. The van der Waals surface area contributed by atoms with E-state index in [9.17, 15) is 14.0 Å². The molecule has 5 nitrogen and oxygen atoms in total. The number of nitrogens with two attached hydrogens (primary N) is 1. The summed E-state index contributed by atoms with van der Waals surface area (Å²) in [5, 5.41) is 2.72. The minimum Gasteiger partial charge on any atom is -0.350 e. The first kappa shape index (κ1) is 18.1. The van der Waals surface area contributed by atoms with Crippen molar-refractivity contribution in [2.45, 2.75) is 27.3 Å². The van der Waals surface area contributed by atoms with Gasteiger partial charge < -0.3 is 16.0 Å². The Morgan fingerprint density at radius 2 is 1.86 bits per heavy atom. The molecule has 0 bridgehead atoms. The van der Waals surface area contributed by atoms with Crippen LogP contribution in [0.15, 0.2) is 24.3 Å². The molecule has 0 fully saturated rings. The third-order valence-corrected chi connectivity index (χ3v) is 3.50. The minimum absolute atomic E-state index is 0.0139. The third-order valence-electron chi connectivity index (χ3n) is 3.50. The summed E-state index contributed by atoms with van der Waals surface area (Å²) in [5.41, 5.74) is 5.71. The Morgan fingerprint density at radius 1 is 1.27 bits per heavy atom. The Balaban J connectivity index is 2.55. The molecule has 0 heterocycles. The van der Waals surface area contributed by atoms with Crippen molar-refractivity contribution in [2.24, 2.45) is 11.1 Å². The van der Waals surface area contributed by atoms with Crippen LogP contribution in [0.2, 0.25) is 0 Å². The highest BCUT2D eigenvalue weighted by Crippen LogP contribution is 2.16. The smallest absolute Gasteiger partial charge is 0.239 e. The molecule has 0 aliphatic heterocycles. The molecule has 0 saturated carbocycles. The van der Waals surface area contributed by atoms with Crippen molar-refractivity contribution in [3.05, 3.63) is 35.6 Å². The van der Waals surface area contributed by atoms with Crippen LogP contribution in [0.3, 0.4) is 0 Å². The number of rotatable bonds is 7. The van der Waals surface area contributed by atoms with Crippen LogP contribution in [0.5, 0.6) is 0 Å². The van der Waals surface area contributed by atoms with Crippen LogP contribution in [0.4, 0.5) is 4.39 Å². The van der Waals surface area contributed by atoms with Crippen molar-refractivity contribution < 1.29 is 14.0 Å². The fourth-order valence-electron chi connectivity index (χ4n) is 1.87. The van der Waals surface area contributed by atoms with Crippen LogP contribution < -0.4 is 11.1 Å². The molecule has 6 heteroatoms. The predicted molar refractivity (Wildman–Crippen MR) is 83.3 cm³/mol. The number of carbonyl (C=O) groups excluding carboxylic acids is 2. The van der Waals surface area contributed by atoms with Gasteiger partial charge in [0, 0.05) is 19.6 Å². The maximum absolute atomic E-state index is 12.8. The molecule has 0 unspecified atom stereocenters. The van der Waals surface area contributed by atoms with Crippen molar-refractivity contribution in [3.63, 3.8) is 0 Å². The number of hydrogen-bond acceptors (Lipinski definition) is 3. The third kappa shape index (κ3) is 5.11. The summed E-state index contributed by atoms with van der Waals surface area (Å²) >= 11 is 0. The van der Waals surface area contributed by atoms with E-state index in [4.69, 9.17) is 5.73 Å².